The minimum atomic E-state index is -0.623. The van der Waals surface area contributed by atoms with Gasteiger partial charge in [0, 0.05) is 0 Å². The molecule has 2 aromatic heterocycles. The van der Waals surface area contributed by atoms with Gasteiger partial charge in [-0.05, 0) is 41.8 Å². The van der Waals surface area contributed by atoms with Crippen LogP contribution in [0.1, 0.15) is 30.0 Å². The Morgan fingerprint density at radius 1 is 1.32 bits per heavy atom. The Hall–Kier alpha value is -2.67. The SMILES string of the molecule is O=C(Cn1c(-c2cccs2)noc1=O)NC1CCCc2ccccc21. The molecule has 1 amide bonds. The maximum Gasteiger partial charge on any atom is 0.442 e. The first-order valence-corrected chi connectivity index (χ1v) is 9.08. The normalized spacial score (nSPS) is 16.4. The van der Waals surface area contributed by atoms with Gasteiger partial charge in [0.15, 0.2) is 5.82 Å². The monoisotopic (exact) mass is 355 g/mol. The van der Waals surface area contributed by atoms with Gasteiger partial charge in [-0.15, -0.1) is 11.3 Å². The van der Waals surface area contributed by atoms with E-state index in [0.717, 1.165) is 24.1 Å². The van der Waals surface area contributed by atoms with Crippen LogP contribution in [0.15, 0.2) is 51.1 Å². The summed E-state index contributed by atoms with van der Waals surface area (Å²) in [6.07, 6.45) is 2.98. The standard InChI is InChI=1S/C18H17N3O3S/c22-16(19-14-8-3-6-12-5-1-2-7-13(12)14)11-21-17(20-24-18(21)23)15-9-4-10-25-15/h1-2,4-5,7,9-10,14H,3,6,8,11H2,(H,19,22). The second-order valence-electron chi connectivity index (χ2n) is 6.05. The molecule has 1 aromatic carbocycles. The molecule has 0 spiro atoms. The summed E-state index contributed by atoms with van der Waals surface area (Å²) in [5, 5.41) is 8.74. The number of thiophene rings is 1. The molecule has 0 saturated carbocycles. The molecule has 1 unspecified atom stereocenters. The first-order valence-electron chi connectivity index (χ1n) is 8.20. The lowest BCUT2D eigenvalue weighted by atomic mass is 9.88. The molecule has 1 aliphatic rings. The van der Waals surface area contributed by atoms with Gasteiger partial charge in [0.05, 0.1) is 10.9 Å². The van der Waals surface area contributed by atoms with E-state index >= 15 is 0 Å². The first kappa shape index (κ1) is 15.8. The van der Waals surface area contributed by atoms with E-state index in [1.54, 1.807) is 0 Å². The van der Waals surface area contributed by atoms with Gasteiger partial charge in [0.1, 0.15) is 6.54 Å². The number of nitrogens with zero attached hydrogens (tertiary/aromatic N) is 2. The van der Waals surface area contributed by atoms with Gasteiger partial charge in [-0.1, -0.05) is 35.5 Å². The van der Waals surface area contributed by atoms with Gasteiger partial charge in [-0.25, -0.2) is 9.36 Å². The van der Waals surface area contributed by atoms with Crippen LogP contribution in [0.3, 0.4) is 0 Å². The van der Waals surface area contributed by atoms with E-state index in [1.165, 1.54) is 27.0 Å². The third kappa shape index (κ3) is 3.15. The smallest absolute Gasteiger partial charge is 0.348 e. The van der Waals surface area contributed by atoms with Crippen molar-refractivity contribution in [3.05, 3.63) is 63.5 Å². The van der Waals surface area contributed by atoms with Gasteiger partial charge in [0.2, 0.25) is 5.91 Å². The number of nitrogens with one attached hydrogen (secondary N) is 1. The van der Waals surface area contributed by atoms with Gasteiger partial charge in [-0.2, -0.15) is 0 Å². The Kier molecular flexibility index (Phi) is 4.23. The summed E-state index contributed by atoms with van der Waals surface area (Å²) in [4.78, 5) is 25.2. The highest BCUT2D eigenvalue weighted by Gasteiger charge is 2.23. The number of carbonyl (C=O) groups is 1. The molecule has 1 atom stereocenters. The average molecular weight is 355 g/mol. The van der Waals surface area contributed by atoms with Crippen molar-refractivity contribution < 1.29 is 9.32 Å². The fourth-order valence-electron chi connectivity index (χ4n) is 3.28. The molecule has 1 N–H and O–H groups in total. The molecule has 7 heteroatoms. The van der Waals surface area contributed by atoms with Gasteiger partial charge in [0.25, 0.3) is 0 Å². The summed E-state index contributed by atoms with van der Waals surface area (Å²) in [6, 6.07) is 11.9. The summed E-state index contributed by atoms with van der Waals surface area (Å²) in [5.74, 6) is -0.452. The summed E-state index contributed by atoms with van der Waals surface area (Å²) in [6.45, 7) is -0.103. The number of rotatable bonds is 4. The lowest BCUT2D eigenvalue weighted by molar-refractivity contribution is -0.122. The number of aryl methyl sites for hydroxylation is 1. The molecule has 2 heterocycles. The molecule has 0 radical (unpaired) electrons. The highest BCUT2D eigenvalue weighted by Crippen LogP contribution is 2.29. The molecular weight excluding hydrogens is 338 g/mol. The summed E-state index contributed by atoms with van der Waals surface area (Å²) in [7, 11) is 0. The van der Waals surface area contributed by atoms with Gasteiger partial charge < -0.3 is 5.32 Å². The maximum atomic E-state index is 12.5. The molecule has 0 bridgehead atoms. The van der Waals surface area contributed by atoms with E-state index in [4.69, 9.17) is 4.52 Å². The van der Waals surface area contributed by atoms with Crippen LogP contribution < -0.4 is 11.1 Å². The molecule has 4 rings (SSSR count). The third-order valence-electron chi connectivity index (χ3n) is 4.43. The van der Waals surface area contributed by atoms with Crippen molar-refractivity contribution >= 4 is 17.2 Å². The Balaban J connectivity index is 1.53. The van der Waals surface area contributed by atoms with Crippen molar-refractivity contribution in [3.63, 3.8) is 0 Å². The number of hydrogen-bond acceptors (Lipinski definition) is 5. The molecule has 0 saturated heterocycles. The van der Waals surface area contributed by atoms with Crippen LogP contribution in [-0.2, 0) is 17.8 Å². The quantitative estimate of drug-likeness (QED) is 0.781. The number of benzene rings is 1. The van der Waals surface area contributed by atoms with Crippen molar-refractivity contribution in [3.8, 4) is 10.7 Å². The van der Waals surface area contributed by atoms with Gasteiger partial charge >= 0.3 is 5.76 Å². The minimum Gasteiger partial charge on any atom is -0.348 e. The lowest BCUT2D eigenvalue weighted by Gasteiger charge is -2.26. The number of hydrogen-bond donors (Lipinski definition) is 1. The maximum absolute atomic E-state index is 12.5. The van der Waals surface area contributed by atoms with Crippen molar-refractivity contribution in [1.82, 2.24) is 15.0 Å². The fourth-order valence-corrected chi connectivity index (χ4v) is 3.99. The van der Waals surface area contributed by atoms with Crippen LogP contribution in [-0.4, -0.2) is 15.6 Å². The number of carbonyl (C=O) groups excluding carboxylic acids is 1. The molecular formula is C18H17N3O3S. The Bertz CT molecular complexity index is 943. The Labute approximate surface area is 148 Å². The van der Waals surface area contributed by atoms with E-state index in [0.29, 0.717) is 5.82 Å². The summed E-state index contributed by atoms with van der Waals surface area (Å²) < 4.78 is 6.02. The van der Waals surface area contributed by atoms with Crippen molar-refractivity contribution in [1.29, 1.82) is 0 Å². The first-order chi connectivity index (χ1) is 12.2. The topological polar surface area (TPSA) is 77.1 Å². The van der Waals surface area contributed by atoms with Crippen LogP contribution in [0.5, 0.6) is 0 Å². The second kappa shape index (κ2) is 6.68. The molecule has 3 aromatic rings. The second-order valence-corrected chi connectivity index (χ2v) is 6.99. The van der Waals surface area contributed by atoms with Crippen LogP contribution >= 0.6 is 11.3 Å². The molecule has 0 aliphatic heterocycles. The van der Waals surface area contributed by atoms with Crippen LogP contribution in [0, 0.1) is 0 Å². The zero-order valence-electron chi connectivity index (χ0n) is 13.5. The fraction of sp³-hybridized carbons (Fsp3) is 0.278. The van der Waals surface area contributed by atoms with E-state index in [1.807, 2.05) is 29.6 Å². The number of amides is 1. The molecule has 0 fully saturated rings. The van der Waals surface area contributed by atoms with Crippen molar-refractivity contribution in [2.45, 2.75) is 31.8 Å². The van der Waals surface area contributed by atoms with E-state index in [9.17, 15) is 9.59 Å². The predicted octanol–water partition coefficient (Wildman–Crippen LogP) is 2.76. The highest BCUT2D eigenvalue weighted by molar-refractivity contribution is 7.13. The summed E-state index contributed by atoms with van der Waals surface area (Å²) >= 11 is 1.44. The molecule has 25 heavy (non-hydrogen) atoms. The van der Waals surface area contributed by atoms with Crippen LogP contribution in [0.2, 0.25) is 0 Å². The third-order valence-corrected chi connectivity index (χ3v) is 5.30. The highest BCUT2D eigenvalue weighted by atomic mass is 32.1. The van der Waals surface area contributed by atoms with Crippen LogP contribution in [0.25, 0.3) is 10.7 Å². The molecule has 128 valence electrons. The Morgan fingerprint density at radius 2 is 2.20 bits per heavy atom. The minimum absolute atomic E-state index is 0.0156. The van der Waals surface area contributed by atoms with Gasteiger partial charge in [-0.3, -0.25) is 9.32 Å². The zero-order valence-corrected chi connectivity index (χ0v) is 14.3. The molecule has 1 aliphatic carbocycles. The largest absolute Gasteiger partial charge is 0.442 e. The van der Waals surface area contributed by atoms with E-state index in [-0.39, 0.29) is 18.5 Å². The van der Waals surface area contributed by atoms with Crippen molar-refractivity contribution in [2.75, 3.05) is 0 Å². The van der Waals surface area contributed by atoms with Crippen molar-refractivity contribution in [2.24, 2.45) is 0 Å². The molecule has 6 nitrogen and oxygen atoms in total. The lowest BCUT2D eigenvalue weighted by Crippen LogP contribution is -2.35. The average Bonchev–Trinajstić information content (AvgIpc) is 3.26. The Morgan fingerprint density at radius 3 is 3.04 bits per heavy atom. The summed E-state index contributed by atoms with van der Waals surface area (Å²) in [5.41, 5.74) is 2.44. The van der Waals surface area contributed by atoms with Crippen LogP contribution in [0.4, 0.5) is 0 Å². The number of aromatic nitrogens is 2. The number of fused-ring (bicyclic) bond motifs is 1. The predicted molar refractivity (Wildman–Crippen MR) is 94.3 cm³/mol. The van der Waals surface area contributed by atoms with E-state index in [2.05, 4.69) is 22.6 Å². The van der Waals surface area contributed by atoms with E-state index < -0.39 is 5.76 Å². The zero-order chi connectivity index (χ0) is 17.2.